The first-order chi connectivity index (χ1) is 7.77. The van der Waals surface area contributed by atoms with Crippen molar-refractivity contribution in [2.75, 3.05) is 7.05 Å². The third-order valence-corrected chi connectivity index (χ3v) is 1.93. The molecule has 0 saturated carbocycles. The Balaban J connectivity index is 0. The quantitative estimate of drug-likeness (QED) is 0.674. The van der Waals surface area contributed by atoms with E-state index in [-0.39, 0.29) is 0 Å². The van der Waals surface area contributed by atoms with Gasteiger partial charge in [0, 0.05) is 11.9 Å². The van der Waals surface area contributed by atoms with E-state index in [0.29, 0.717) is 0 Å². The zero-order chi connectivity index (χ0) is 13.1. The van der Waals surface area contributed by atoms with Crippen molar-refractivity contribution in [3.05, 3.63) is 17.7 Å². The summed E-state index contributed by atoms with van der Waals surface area (Å²) in [5.41, 5.74) is 1.26. The minimum atomic E-state index is 0.994. The molecule has 0 radical (unpaired) electrons. The fraction of sp³-hybridized carbons (Fsp3) is 0.769. The summed E-state index contributed by atoms with van der Waals surface area (Å²) < 4.78 is 2.24. The predicted octanol–water partition coefficient (Wildman–Crippen LogP) is 3.67. The number of aromatic nitrogens is 2. The molecular formula is C13H29N3. The molecule has 16 heavy (non-hydrogen) atoms. The molecule has 0 bridgehead atoms. The minimum Gasteiger partial charge on any atom is -0.318 e. The van der Waals surface area contributed by atoms with E-state index in [1.807, 2.05) is 47.7 Å². The second-order valence-corrected chi connectivity index (χ2v) is 2.90. The van der Waals surface area contributed by atoms with E-state index < -0.39 is 0 Å². The predicted molar refractivity (Wildman–Crippen MR) is 72.5 cm³/mol. The van der Waals surface area contributed by atoms with Gasteiger partial charge in [0.1, 0.15) is 5.82 Å². The highest BCUT2D eigenvalue weighted by Gasteiger charge is 2.16. The lowest BCUT2D eigenvalue weighted by atomic mass is 10.5. The number of nitrogens with zero attached hydrogens (tertiary/aromatic N) is 3. The molecule has 0 unspecified atom stereocenters. The van der Waals surface area contributed by atoms with Crippen LogP contribution in [0.5, 0.6) is 0 Å². The minimum absolute atomic E-state index is 0.994. The van der Waals surface area contributed by atoms with Crippen LogP contribution in [0.4, 0.5) is 0 Å². The van der Waals surface area contributed by atoms with Gasteiger partial charge in [-0.3, -0.25) is 4.90 Å². The molecule has 0 N–H and O–H groups in total. The molecule has 2 heterocycles. The van der Waals surface area contributed by atoms with Gasteiger partial charge in [-0.15, -0.1) is 0 Å². The van der Waals surface area contributed by atoms with E-state index >= 15 is 0 Å². The van der Waals surface area contributed by atoms with Crippen molar-refractivity contribution in [2.45, 2.75) is 61.7 Å². The first kappa shape index (κ1) is 17.6. The average molecular weight is 227 g/mol. The van der Waals surface area contributed by atoms with E-state index in [9.17, 15) is 0 Å². The number of rotatable bonds is 0. The maximum absolute atomic E-state index is 4.27. The molecule has 1 aromatic rings. The van der Waals surface area contributed by atoms with Gasteiger partial charge in [0.15, 0.2) is 0 Å². The van der Waals surface area contributed by atoms with Gasteiger partial charge in [-0.25, -0.2) is 4.98 Å². The summed E-state index contributed by atoms with van der Waals surface area (Å²) in [6.45, 7) is 16.1. The van der Waals surface area contributed by atoms with Gasteiger partial charge in [-0.2, -0.15) is 0 Å². The molecule has 3 nitrogen and oxygen atoms in total. The summed E-state index contributed by atoms with van der Waals surface area (Å²) in [6.07, 6.45) is 1.93. The van der Waals surface area contributed by atoms with E-state index in [4.69, 9.17) is 0 Å². The lowest BCUT2D eigenvalue weighted by molar-refractivity contribution is 0.315. The normalized spacial score (nSPS) is 12.2. The Bertz CT molecular complexity index is 254. The Kier molecular flexibility index (Phi) is 11.7. The van der Waals surface area contributed by atoms with Crippen molar-refractivity contribution in [3.8, 4) is 0 Å². The second kappa shape index (κ2) is 10.7. The Morgan fingerprint density at radius 2 is 1.56 bits per heavy atom. The van der Waals surface area contributed by atoms with Crippen LogP contribution >= 0.6 is 0 Å². The lowest BCUT2D eigenvalue weighted by Gasteiger charge is -2.04. The smallest absolute Gasteiger partial charge is 0.124 e. The van der Waals surface area contributed by atoms with Gasteiger partial charge >= 0.3 is 0 Å². The van der Waals surface area contributed by atoms with Crippen LogP contribution in [0.1, 0.15) is 53.1 Å². The molecule has 0 spiro atoms. The van der Waals surface area contributed by atoms with Gasteiger partial charge in [0.2, 0.25) is 0 Å². The zero-order valence-corrected chi connectivity index (χ0v) is 12.3. The molecule has 0 amide bonds. The van der Waals surface area contributed by atoms with Gasteiger partial charge in [-0.1, -0.05) is 41.5 Å². The average Bonchev–Trinajstić information content (AvgIpc) is 2.89. The van der Waals surface area contributed by atoms with Crippen molar-refractivity contribution < 1.29 is 0 Å². The molecule has 0 aliphatic carbocycles. The molecule has 1 aromatic heterocycles. The van der Waals surface area contributed by atoms with E-state index in [0.717, 1.165) is 13.2 Å². The van der Waals surface area contributed by atoms with E-state index in [2.05, 4.69) is 28.4 Å². The molecule has 0 fully saturated rings. The molecule has 2 rings (SSSR count). The maximum atomic E-state index is 4.27. The van der Waals surface area contributed by atoms with Gasteiger partial charge < -0.3 is 4.57 Å². The van der Waals surface area contributed by atoms with Crippen LogP contribution in [0.25, 0.3) is 0 Å². The summed E-state index contributed by atoms with van der Waals surface area (Å²) >= 11 is 0. The van der Waals surface area contributed by atoms with Crippen molar-refractivity contribution >= 4 is 0 Å². The Labute approximate surface area is 101 Å². The van der Waals surface area contributed by atoms with Crippen molar-refractivity contribution in [3.63, 3.8) is 0 Å². The van der Waals surface area contributed by atoms with Crippen LogP contribution in [-0.4, -0.2) is 21.5 Å². The first-order valence-electron chi connectivity index (χ1n) is 6.47. The van der Waals surface area contributed by atoms with Crippen molar-refractivity contribution in [2.24, 2.45) is 0 Å². The SMILES string of the molecule is CC.CC.CC.Cc1cnc2n1CN(C)C2. The molecule has 3 heteroatoms. The summed E-state index contributed by atoms with van der Waals surface area (Å²) in [5.74, 6) is 1.19. The summed E-state index contributed by atoms with van der Waals surface area (Å²) in [7, 11) is 2.11. The number of hydrogen-bond donors (Lipinski definition) is 0. The second-order valence-electron chi connectivity index (χ2n) is 2.90. The van der Waals surface area contributed by atoms with Gasteiger partial charge in [0.05, 0.1) is 13.2 Å². The highest BCUT2D eigenvalue weighted by molar-refractivity contribution is 5.05. The molecule has 1 aliphatic heterocycles. The Morgan fingerprint density at radius 1 is 1.06 bits per heavy atom. The molecular weight excluding hydrogens is 198 g/mol. The molecule has 0 aromatic carbocycles. The summed E-state index contributed by atoms with van der Waals surface area (Å²) in [4.78, 5) is 6.51. The monoisotopic (exact) mass is 227 g/mol. The highest BCUT2D eigenvalue weighted by atomic mass is 15.3. The Hall–Kier alpha value is -0.830. The number of hydrogen-bond acceptors (Lipinski definition) is 2. The first-order valence-corrected chi connectivity index (χ1v) is 6.47. The fourth-order valence-electron chi connectivity index (χ4n) is 1.36. The van der Waals surface area contributed by atoms with E-state index in [1.165, 1.54) is 11.5 Å². The van der Waals surface area contributed by atoms with Crippen LogP contribution < -0.4 is 0 Å². The maximum Gasteiger partial charge on any atom is 0.124 e. The van der Waals surface area contributed by atoms with Crippen LogP contribution in [-0.2, 0) is 13.2 Å². The van der Waals surface area contributed by atoms with Gasteiger partial charge in [0.25, 0.3) is 0 Å². The lowest BCUT2D eigenvalue weighted by Crippen LogP contribution is -2.11. The van der Waals surface area contributed by atoms with Crippen LogP contribution in [0.2, 0.25) is 0 Å². The molecule has 96 valence electrons. The topological polar surface area (TPSA) is 21.1 Å². The van der Waals surface area contributed by atoms with E-state index in [1.54, 1.807) is 0 Å². The van der Waals surface area contributed by atoms with Crippen molar-refractivity contribution in [1.29, 1.82) is 0 Å². The Morgan fingerprint density at radius 3 is 2.00 bits per heavy atom. The standard InChI is InChI=1S/C7H11N3.3C2H6/c1-6-3-8-7-4-9(2)5-10(6)7;3*1-2/h3H,4-5H2,1-2H3;3*1-2H3. The third kappa shape index (κ3) is 4.79. The molecule has 1 aliphatic rings. The van der Waals surface area contributed by atoms with Crippen LogP contribution in [0.3, 0.4) is 0 Å². The van der Waals surface area contributed by atoms with Crippen LogP contribution in [0.15, 0.2) is 6.20 Å². The summed E-state index contributed by atoms with van der Waals surface area (Å²) in [6, 6.07) is 0. The number of aryl methyl sites for hydroxylation is 1. The number of fused-ring (bicyclic) bond motifs is 1. The summed E-state index contributed by atoms with van der Waals surface area (Å²) in [5, 5.41) is 0. The number of imidazole rings is 1. The molecule has 0 atom stereocenters. The third-order valence-electron chi connectivity index (χ3n) is 1.93. The zero-order valence-electron chi connectivity index (χ0n) is 12.3. The largest absolute Gasteiger partial charge is 0.318 e. The molecule has 0 saturated heterocycles. The van der Waals surface area contributed by atoms with Crippen molar-refractivity contribution in [1.82, 2.24) is 14.5 Å². The van der Waals surface area contributed by atoms with Crippen LogP contribution in [0, 0.1) is 6.92 Å². The fourth-order valence-corrected chi connectivity index (χ4v) is 1.36. The highest BCUT2D eigenvalue weighted by Crippen LogP contribution is 2.13. The van der Waals surface area contributed by atoms with Gasteiger partial charge in [-0.05, 0) is 14.0 Å².